The Hall–Kier alpha value is -1.23. The Morgan fingerprint density at radius 1 is 1.41 bits per heavy atom. The number of halogens is 4. The van der Waals surface area contributed by atoms with Gasteiger partial charge in [0, 0.05) is 0 Å². The second-order valence-corrected chi connectivity index (χ2v) is 3.73. The van der Waals surface area contributed by atoms with Crippen LogP contribution in [-0.2, 0) is 6.18 Å². The maximum atomic E-state index is 12.5. The molecule has 0 saturated carbocycles. The molecule has 0 unspecified atom stereocenters. The molecule has 0 aromatic heterocycles. The zero-order chi connectivity index (χ0) is 13.2. The highest BCUT2D eigenvalue weighted by Crippen LogP contribution is 2.37. The summed E-state index contributed by atoms with van der Waals surface area (Å²) in [7, 11) is 0. The average molecular weight is 267 g/mol. The zero-order valence-electron chi connectivity index (χ0n) is 9.19. The summed E-state index contributed by atoms with van der Waals surface area (Å²) in [4.78, 5) is 11.3. The molecule has 0 saturated heterocycles. The molecule has 2 nitrogen and oxygen atoms in total. The van der Waals surface area contributed by atoms with Crippen molar-refractivity contribution in [2.45, 2.75) is 20.0 Å². The van der Waals surface area contributed by atoms with E-state index in [0.717, 1.165) is 12.1 Å². The standard InChI is InChI=1S/C11H10ClF3O2/c1-3-17-9-5-7(11(13,14)15)4-8(12)10(9)6(2)16/h4-5H,3H2,1-2H3. The van der Waals surface area contributed by atoms with E-state index in [0.29, 0.717) is 0 Å². The molecule has 0 bridgehead atoms. The van der Waals surface area contributed by atoms with Crippen molar-refractivity contribution in [3.8, 4) is 5.75 Å². The van der Waals surface area contributed by atoms with Crippen LogP contribution in [0, 0.1) is 0 Å². The van der Waals surface area contributed by atoms with Gasteiger partial charge in [-0.15, -0.1) is 0 Å². The van der Waals surface area contributed by atoms with Gasteiger partial charge in [-0.2, -0.15) is 13.2 Å². The number of ether oxygens (including phenoxy) is 1. The van der Waals surface area contributed by atoms with E-state index in [1.165, 1.54) is 6.92 Å². The number of ketones is 1. The number of rotatable bonds is 3. The first-order valence-electron chi connectivity index (χ1n) is 4.81. The normalized spacial score (nSPS) is 11.4. The van der Waals surface area contributed by atoms with E-state index >= 15 is 0 Å². The van der Waals surface area contributed by atoms with Crippen molar-refractivity contribution in [1.82, 2.24) is 0 Å². The third-order valence-corrected chi connectivity index (χ3v) is 2.33. The van der Waals surface area contributed by atoms with Crippen molar-refractivity contribution in [1.29, 1.82) is 0 Å². The molecule has 0 aliphatic heterocycles. The number of alkyl halides is 3. The lowest BCUT2D eigenvalue weighted by atomic mass is 10.1. The Balaban J connectivity index is 3.41. The van der Waals surface area contributed by atoms with Crippen LogP contribution in [0.2, 0.25) is 5.02 Å². The molecule has 0 heterocycles. The topological polar surface area (TPSA) is 26.3 Å². The van der Waals surface area contributed by atoms with Crippen LogP contribution in [-0.4, -0.2) is 12.4 Å². The molecule has 1 aromatic carbocycles. The Morgan fingerprint density at radius 3 is 2.41 bits per heavy atom. The molecule has 0 spiro atoms. The smallest absolute Gasteiger partial charge is 0.416 e. The van der Waals surface area contributed by atoms with Gasteiger partial charge in [-0.3, -0.25) is 4.79 Å². The lowest BCUT2D eigenvalue weighted by Gasteiger charge is -2.14. The molecule has 0 aliphatic rings. The van der Waals surface area contributed by atoms with E-state index in [1.807, 2.05) is 0 Å². The fraction of sp³-hybridized carbons (Fsp3) is 0.364. The molecular formula is C11H10ClF3O2. The van der Waals surface area contributed by atoms with Gasteiger partial charge >= 0.3 is 6.18 Å². The van der Waals surface area contributed by atoms with Crippen LogP contribution in [0.1, 0.15) is 29.8 Å². The molecular weight excluding hydrogens is 257 g/mol. The van der Waals surface area contributed by atoms with Gasteiger partial charge in [-0.25, -0.2) is 0 Å². The zero-order valence-corrected chi connectivity index (χ0v) is 9.95. The van der Waals surface area contributed by atoms with Crippen molar-refractivity contribution < 1.29 is 22.7 Å². The molecule has 94 valence electrons. The van der Waals surface area contributed by atoms with Gasteiger partial charge in [0.05, 0.1) is 22.8 Å². The van der Waals surface area contributed by atoms with Crippen LogP contribution in [0.15, 0.2) is 12.1 Å². The van der Waals surface area contributed by atoms with Gasteiger partial charge in [-0.05, 0) is 26.0 Å². The van der Waals surface area contributed by atoms with Crippen LogP contribution in [0.3, 0.4) is 0 Å². The van der Waals surface area contributed by atoms with Crippen molar-refractivity contribution in [3.63, 3.8) is 0 Å². The number of carbonyl (C=O) groups excluding carboxylic acids is 1. The molecule has 0 aliphatic carbocycles. The minimum Gasteiger partial charge on any atom is -0.493 e. The van der Waals surface area contributed by atoms with E-state index in [9.17, 15) is 18.0 Å². The molecule has 0 atom stereocenters. The summed E-state index contributed by atoms with van der Waals surface area (Å²) >= 11 is 5.67. The molecule has 1 aromatic rings. The largest absolute Gasteiger partial charge is 0.493 e. The second kappa shape index (κ2) is 4.96. The Morgan fingerprint density at radius 2 is 2.00 bits per heavy atom. The van der Waals surface area contributed by atoms with Crippen LogP contribution in [0.25, 0.3) is 0 Å². The van der Waals surface area contributed by atoms with Crippen LogP contribution in [0.5, 0.6) is 5.75 Å². The van der Waals surface area contributed by atoms with Crippen molar-refractivity contribution >= 4 is 17.4 Å². The first-order valence-corrected chi connectivity index (χ1v) is 5.19. The summed E-state index contributed by atoms with van der Waals surface area (Å²) in [6.07, 6.45) is -4.52. The Labute approximate surface area is 101 Å². The molecule has 0 amide bonds. The molecule has 0 N–H and O–H groups in total. The van der Waals surface area contributed by atoms with Gasteiger partial charge < -0.3 is 4.74 Å². The van der Waals surface area contributed by atoms with E-state index in [2.05, 4.69) is 0 Å². The summed E-state index contributed by atoms with van der Waals surface area (Å²) in [5.74, 6) is -0.577. The fourth-order valence-electron chi connectivity index (χ4n) is 1.36. The number of carbonyl (C=O) groups is 1. The summed E-state index contributed by atoms with van der Waals surface area (Å²) in [6, 6.07) is 1.51. The van der Waals surface area contributed by atoms with Crippen molar-refractivity contribution in [3.05, 3.63) is 28.3 Å². The highest BCUT2D eigenvalue weighted by molar-refractivity contribution is 6.34. The molecule has 1 rings (SSSR count). The minimum absolute atomic E-state index is 0.0264. The van der Waals surface area contributed by atoms with Crippen molar-refractivity contribution in [2.24, 2.45) is 0 Å². The first kappa shape index (κ1) is 13.8. The number of hydrogen-bond acceptors (Lipinski definition) is 2. The number of benzene rings is 1. The highest BCUT2D eigenvalue weighted by atomic mass is 35.5. The molecule has 0 fully saturated rings. The maximum Gasteiger partial charge on any atom is 0.416 e. The van der Waals surface area contributed by atoms with E-state index in [4.69, 9.17) is 16.3 Å². The molecule has 17 heavy (non-hydrogen) atoms. The lowest BCUT2D eigenvalue weighted by molar-refractivity contribution is -0.137. The maximum absolute atomic E-state index is 12.5. The monoisotopic (exact) mass is 266 g/mol. The first-order chi connectivity index (χ1) is 7.77. The van der Waals surface area contributed by atoms with Gasteiger partial charge in [0.1, 0.15) is 5.75 Å². The van der Waals surface area contributed by atoms with E-state index < -0.39 is 17.5 Å². The summed E-state index contributed by atoms with van der Waals surface area (Å²) in [5, 5.41) is -0.254. The van der Waals surface area contributed by atoms with E-state index in [1.54, 1.807) is 6.92 Å². The summed E-state index contributed by atoms with van der Waals surface area (Å²) < 4.78 is 42.6. The molecule has 0 radical (unpaired) electrons. The molecule has 6 heteroatoms. The third-order valence-electron chi connectivity index (χ3n) is 2.03. The van der Waals surface area contributed by atoms with Crippen molar-refractivity contribution in [2.75, 3.05) is 6.61 Å². The second-order valence-electron chi connectivity index (χ2n) is 3.32. The van der Waals surface area contributed by atoms with Gasteiger partial charge in [0.2, 0.25) is 0 Å². The quantitative estimate of drug-likeness (QED) is 0.774. The highest BCUT2D eigenvalue weighted by Gasteiger charge is 2.32. The average Bonchev–Trinajstić information content (AvgIpc) is 2.15. The Bertz CT molecular complexity index is 441. The fourth-order valence-corrected chi connectivity index (χ4v) is 1.70. The predicted octanol–water partition coefficient (Wildman–Crippen LogP) is 3.96. The SMILES string of the molecule is CCOc1cc(C(F)(F)F)cc(Cl)c1C(C)=O. The van der Waals surface area contributed by atoms with Gasteiger partial charge in [0.15, 0.2) is 5.78 Å². The number of hydrogen-bond donors (Lipinski definition) is 0. The van der Waals surface area contributed by atoms with Crippen LogP contribution in [0.4, 0.5) is 13.2 Å². The minimum atomic E-state index is -4.52. The van der Waals surface area contributed by atoms with E-state index in [-0.39, 0.29) is 22.9 Å². The van der Waals surface area contributed by atoms with Gasteiger partial charge in [-0.1, -0.05) is 11.6 Å². The predicted molar refractivity (Wildman–Crippen MR) is 57.6 cm³/mol. The third kappa shape index (κ3) is 3.12. The lowest BCUT2D eigenvalue weighted by Crippen LogP contribution is -2.09. The van der Waals surface area contributed by atoms with Crippen LogP contribution < -0.4 is 4.74 Å². The Kier molecular flexibility index (Phi) is 4.03. The van der Waals surface area contributed by atoms with Crippen LogP contribution >= 0.6 is 11.6 Å². The van der Waals surface area contributed by atoms with Gasteiger partial charge in [0.25, 0.3) is 0 Å². The number of Topliss-reactive ketones (excluding diaryl/α,β-unsaturated/α-hetero) is 1. The summed E-state index contributed by atoms with van der Waals surface area (Å²) in [5.41, 5.74) is -0.961. The summed E-state index contributed by atoms with van der Waals surface area (Å²) in [6.45, 7) is 2.98.